The number of azide groups is 1. The number of nitrogens with zero attached hydrogens (tertiary/aromatic N) is 7. The molecule has 0 spiro atoms. The molecule has 0 N–H and O–H groups in total. The van der Waals surface area contributed by atoms with Gasteiger partial charge in [-0.2, -0.15) is 4.98 Å². The first-order valence-electron chi connectivity index (χ1n) is 7.13. The van der Waals surface area contributed by atoms with Gasteiger partial charge in [0.1, 0.15) is 6.54 Å². The summed E-state index contributed by atoms with van der Waals surface area (Å²) in [6, 6.07) is 3.88. The van der Waals surface area contributed by atoms with E-state index in [0.29, 0.717) is 31.3 Å². The van der Waals surface area contributed by atoms with Crippen LogP contribution >= 0.6 is 11.3 Å². The molecule has 1 aliphatic rings. The number of carbonyl (C=O) groups is 1. The summed E-state index contributed by atoms with van der Waals surface area (Å²) < 4.78 is 5.27. The van der Waals surface area contributed by atoms with Gasteiger partial charge in [-0.05, 0) is 17.0 Å². The first kappa shape index (κ1) is 15.5. The van der Waals surface area contributed by atoms with E-state index in [4.69, 9.17) is 10.1 Å². The normalized spacial score (nSPS) is 15.4. The molecule has 0 radical (unpaired) electrons. The molecule has 0 saturated carbocycles. The van der Waals surface area contributed by atoms with Crippen molar-refractivity contribution in [3.63, 3.8) is 0 Å². The second kappa shape index (κ2) is 7.23. The van der Waals surface area contributed by atoms with E-state index < -0.39 is 0 Å². The lowest BCUT2D eigenvalue weighted by molar-refractivity contribution is -0.131. The van der Waals surface area contributed by atoms with Crippen LogP contribution in [0.3, 0.4) is 0 Å². The van der Waals surface area contributed by atoms with E-state index in [1.165, 1.54) is 0 Å². The molecule has 3 rings (SSSR count). The van der Waals surface area contributed by atoms with Gasteiger partial charge < -0.3 is 9.42 Å². The molecule has 0 unspecified atom stereocenters. The van der Waals surface area contributed by atoms with Crippen LogP contribution in [-0.2, 0) is 11.3 Å². The number of carbonyl (C=O) groups excluding carboxylic acids is 1. The van der Waals surface area contributed by atoms with Crippen molar-refractivity contribution in [3.05, 3.63) is 33.8 Å². The molecule has 3 heterocycles. The summed E-state index contributed by atoms with van der Waals surface area (Å²) in [7, 11) is 0. The lowest BCUT2D eigenvalue weighted by atomic mass is 10.3. The second-order valence-corrected chi connectivity index (χ2v) is 5.99. The standard InChI is InChI=1S/C13H15N7O2S/c14-18-15-8-12(21)20-5-3-19(4-6-20)9-11-16-13(22-17-11)10-2-1-7-23-10/h1-2,7H,3-6,8-9H2. The Labute approximate surface area is 136 Å². The van der Waals surface area contributed by atoms with Gasteiger partial charge in [-0.1, -0.05) is 16.3 Å². The maximum atomic E-state index is 11.8. The molecular formula is C13H15N7O2S. The van der Waals surface area contributed by atoms with E-state index in [0.717, 1.165) is 18.0 Å². The summed E-state index contributed by atoms with van der Waals surface area (Å²) in [6.07, 6.45) is 0. The van der Waals surface area contributed by atoms with Crippen molar-refractivity contribution in [3.8, 4) is 10.8 Å². The Hall–Kier alpha value is -2.42. The lowest BCUT2D eigenvalue weighted by Crippen LogP contribution is -2.49. The average molecular weight is 333 g/mol. The third-order valence-corrected chi connectivity index (χ3v) is 4.42. The summed E-state index contributed by atoms with van der Waals surface area (Å²) >= 11 is 1.56. The summed E-state index contributed by atoms with van der Waals surface area (Å²) in [5.74, 6) is 1.04. The zero-order chi connectivity index (χ0) is 16.1. The molecule has 1 aliphatic heterocycles. The molecule has 1 amide bonds. The third-order valence-electron chi connectivity index (χ3n) is 3.56. The minimum Gasteiger partial charge on any atom is -0.340 e. The van der Waals surface area contributed by atoms with Crippen LogP contribution in [0, 0.1) is 0 Å². The van der Waals surface area contributed by atoms with Crippen molar-refractivity contribution in [1.82, 2.24) is 19.9 Å². The fraction of sp³-hybridized carbons (Fsp3) is 0.462. The van der Waals surface area contributed by atoms with E-state index in [2.05, 4.69) is 25.1 Å². The van der Waals surface area contributed by atoms with Crippen molar-refractivity contribution in [2.75, 3.05) is 32.7 Å². The highest BCUT2D eigenvalue weighted by atomic mass is 32.1. The molecule has 0 atom stereocenters. The molecule has 2 aromatic heterocycles. The molecule has 0 aromatic carbocycles. The number of hydrogen-bond acceptors (Lipinski definition) is 7. The number of rotatable bonds is 5. The van der Waals surface area contributed by atoms with Crippen molar-refractivity contribution >= 4 is 17.2 Å². The van der Waals surface area contributed by atoms with E-state index in [-0.39, 0.29) is 12.5 Å². The van der Waals surface area contributed by atoms with Crippen LogP contribution < -0.4 is 0 Å². The Bertz CT molecular complexity index is 700. The van der Waals surface area contributed by atoms with E-state index in [1.807, 2.05) is 17.5 Å². The number of aromatic nitrogens is 2. The van der Waals surface area contributed by atoms with Crippen molar-refractivity contribution in [2.24, 2.45) is 5.11 Å². The van der Waals surface area contributed by atoms with Gasteiger partial charge in [0, 0.05) is 31.1 Å². The van der Waals surface area contributed by atoms with E-state index in [9.17, 15) is 4.79 Å². The van der Waals surface area contributed by atoms with E-state index in [1.54, 1.807) is 16.2 Å². The van der Waals surface area contributed by atoms with Gasteiger partial charge in [0.15, 0.2) is 5.82 Å². The van der Waals surface area contributed by atoms with Crippen LogP contribution in [0.5, 0.6) is 0 Å². The Morgan fingerprint density at radius 2 is 2.26 bits per heavy atom. The molecule has 10 heteroatoms. The first-order chi connectivity index (χ1) is 11.3. The quantitative estimate of drug-likeness (QED) is 0.470. The highest BCUT2D eigenvalue weighted by Crippen LogP contribution is 2.22. The lowest BCUT2D eigenvalue weighted by Gasteiger charge is -2.33. The maximum absolute atomic E-state index is 11.8. The zero-order valence-electron chi connectivity index (χ0n) is 12.3. The molecule has 0 bridgehead atoms. The first-order valence-corrected chi connectivity index (χ1v) is 8.01. The Balaban J connectivity index is 1.51. The Kier molecular flexibility index (Phi) is 4.86. The molecule has 2 aromatic rings. The number of hydrogen-bond donors (Lipinski definition) is 0. The largest absolute Gasteiger partial charge is 0.340 e. The van der Waals surface area contributed by atoms with Gasteiger partial charge in [0.05, 0.1) is 11.4 Å². The average Bonchev–Trinajstić information content (AvgIpc) is 3.24. The number of piperazine rings is 1. The topological polar surface area (TPSA) is 111 Å². The third kappa shape index (κ3) is 3.86. The predicted molar refractivity (Wildman–Crippen MR) is 83.5 cm³/mol. The summed E-state index contributed by atoms with van der Waals surface area (Å²) in [6.45, 7) is 3.14. The van der Waals surface area contributed by atoms with Crippen molar-refractivity contribution < 1.29 is 9.32 Å². The van der Waals surface area contributed by atoms with Crippen LogP contribution in [-0.4, -0.2) is 58.6 Å². The molecule has 23 heavy (non-hydrogen) atoms. The van der Waals surface area contributed by atoms with Crippen LogP contribution in [0.1, 0.15) is 5.82 Å². The highest BCUT2D eigenvalue weighted by Gasteiger charge is 2.22. The van der Waals surface area contributed by atoms with Gasteiger partial charge in [0.2, 0.25) is 5.91 Å². The van der Waals surface area contributed by atoms with Crippen molar-refractivity contribution in [2.45, 2.75) is 6.54 Å². The number of amides is 1. The zero-order valence-corrected chi connectivity index (χ0v) is 13.1. The smallest absolute Gasteiger partial charge is 0.268 e. The molecular weight excluding hydrogens is 318 g/mol. The Morgan fingerprint density at radius 1 is 1.43 bits per heavy atom. The molecule has 1 fully saturated rings. The van der Waals surface area contributed by atoms with Gasteiger partial charge >= 0.3 is 0 Å². The molecule has 120 valence electrons. The highest BCUT2D eigenvalue weighted by molar-refractivity contribution is 7.13. The molecule has 9 nitrogen and oxygen atoms in total. The molecule has 0 aliphatic carbocycles. The van der Waals surface area contributed by atoms with Crippen molar-refractivity contribution in [1.29, 1.82) is 0 Å². The van der Waals surface area contributed by atoms with Crippen LogP contribution in [0.15, 0.2) is 27.2 Å². The second-order valence-electron chi connectivity index (χ2n) is 5.04. The summed E-state index contributed by atoms with van der Waals surface area (Å²) in [5, 5.41) is 9.27. The van der Waals surface area contributed by atoms with E-state index >= 15 is 0 Å². The minimum atomic E-state index is -0.137. The van der Waals surface area contributed by atoms with Crippen LogP contribution in [0.2, 0.25) is 0 Å². The van der Waals surface area contributed by atoms with Gasteiger partial charge in [-0.25, -0.2) is 0 Å². The number of thiophene rings is 1. The van der Waals surface area contributed by atoms with Gasteiger partial charge in [0.25, 0.3) is 5.89 Å². The SMILES string of the molecule is [N-]=[N+]=NCC(=O)N1CCN(Cc2noc(-c3cccs3)n2)CC1. The minimum absolute atomic E-state index is 0.120. The fourth-order valence-corrected chi connectivity index (χ4v) is 3.01. The van der Waals surface area contributed by atoms with Crippen LogP contribution in [0.25, 0.3) is 21.2 Å². The summed E-state index contributed by atoms with van der Waals surface area (Å²) in [4.78, 5) is 23.6. The molecule has 1 saturated heterocycles. The van der Waals surface area contributed by atoms with Gasteiger partial charge in [-0.3, -0.25) is 9.69 Å². The van der Waals surface area contributed by atoms with Crippen LogP contribution in [0.4, 0.5) is 0 Å². The maximum Gasteiger partial charge on any atom is 0.268 e. The predicted octanol–water partition coefficient (Wildman–Crippen LogP) is 1.75. The monoisotopic (exact) mass is 333 g/mol. The Morgan fingerprint density at radius 3 is 2.96 bits per heavy atom. The fourth-order valence-electron chi connectivity index (χ4n) is 2.37. The van der Waals surface area contributed by atoms with Gasteiger partial charge in [-0.15, -0.1) is 11.3 Å². The summed E-state index contributed by atoms with van der Waals surface area (Å²) in [5.41, 5.74) is 8.25.